The highest BCUT2D eigenvalue weighted by molar-refractivity contribution is 5.28. The summed E-state index contributed by atoms with van der Waals surface area (Å²) in [6, 6.07) is 20.4. The zero-order chi connectivity index (χ0) is 24.3. The van der Waals surface area contributed by atoms with Crippen LogP contribution in [0.1, 0.15) is 103 Å². The van der Waals surface area contributed by atoms with Gasteiger partial charge in [0.2, 0.25) is 0 Å². The summed E-state index contributed by atoms with van der Waals surface area (Å²) in [5.41, 5.74) is 6.11. The summed E-state index contributed by atoms with van der Waals surface area (Å²) in [5, 5.41) is 0. The van der Waals surface area contributed by atoms with E-state index in [1.165, 1.54) is 73.6 Å². The van der Waals surface area contributed by atoms with Gasteiger partial charge >= 0.3 is 0 Å². The van der Waals surface area contributed by atoms with Crippen molar-refractivity contribution in [3.63, 3.8) is 0 Å². The molecular weight excluding hydrogens is 396 g/mol. The molecule has 0 nitrogen and oxygen atoms in total. The molecule has 2 atom stereocenters. The average Bonchev–Trinajstić information content (AvgIpc) is 2.81. The monoisotopic (exact) mass is 444 g/mol. The quantitative estimate of drug-likeness (QED) is 0.201. The minimum atomic E-state index is 0.162. The number of hydrogen-bond donors (Lipinski definition) is 0. The zero-order valence-corrected chi connectivity index (χ0v) is 22.3. The normalized spacial score (nSPS) is 15.2. The van der Waals surface area contributed by atoms with E-state index in [9.17, 15) is 0 Å². The van der Waals surface area contributed by atoms with Gasteiger partial charge in [0, 0.05) is 0 Å². The SMILES string of the molecule is C=C/C(C)=C\C(CCCCC(CC)(CCC)c1ccccc1)CC(C)(C)c1ccc(C)cc1. The molecule has 180 valence electrons. The minimum Gasteiger partial charge on any atom is -0.0988 e. The fourth-order valence-corrected chi connectivity index (χ4v) is 5.57. The van der Waals surface area contributed by atoms with E-state index in [2.05, 4.69) is 109 Å². The lowest BCUT2D eigenvalue weighted by atomic mass is 9.70. The van der Waals surface area contributed by atoms with Gasteiger partial charge in [-0.15, -0.1) is 0 Å². The summed E-state index contributed by atoms with van der Waals surface area (Å²) in [6.07, 6.45) is 14.5. The van der Waals surface area contributed by atoms with Crippen LogP contribution in [0.25, 0.3) is 0 Å². The van der Waals surface area contributed by atoms with E-state index >= 15 is 0 Å². The van der Waals surface area contributed by atoms with Crippen LogP contribution in [0.2, 0.25) is 0 Å². The van der Waals surface area contributed by atoms with Crippen molar-refractivity contribution >= 4 is 0 Å². The summed E-state index contributed by atoms with van der Waals surface area (Å²) >= 11 is 0. The lowest BCUT2D eigenvalue weighted by Crippen LogP contribution is -2.25. The molecule has 0 aromatic heterocycles. The number of unbranched alkanes of at least 4 members (excludes halogenated alkanes) is 1. The van der Waals surface area contributed by atoms with E-state index in [1.54, 1.807) is 0 Å². The topological polar surface area (TPSA) is 0 Å². The molecule has 0 heterocycles. The van der Waals surface area contributed by atoms with Crippen LogP contribution >= 0.6 is 0 Å². The maximum Gasteiger partial charge on any atom is -0.00497 e. The second-order valence-electron chi connectivity index (χ2n) is 10.8. The van der Waals surface area contributed by atoms with Crippen molar-refractivity contribution < 1.29 is 0 Å². The predicted octanol–water partition coefficient (Wildman–Crippen LogP) is 10.1. The predicted molar refractivity (Wildman–Crippen MR) is 148 cm³/mol. The van der Waals surface area contributed by atoms with E-state index in [-0.39, 0.29) is 5.41 Å². The Morgan fingerprint density at radius 2 is 1.58 bits per heavy atom. The first-order valence-corrected chi connectivity index (χ1v) is 13.2. The lowest BCUT2D eigenvalue weighted by Gasteiger charge is -2.34. The summed E-state index contributed by atoms with van der Waals surface area (Å²) in [4.78, 5) is 0. The van der Waals surface area contributed by atoms with Crippen LogP contribution in [0.15, 0.2) is 78.9 Å². The Balaban J connectivity index is 2.08. The molecule has 2 unspecified atom stereocenters. The van der Waals surface area contributed by atoms with Crippen molar-refractivity contribution in [2.24, 2.45) is 5.92 Å². The van der Waals surface area contributed by atoms with E-state index in [1.807, 2.05) is 6.08 Å². The fourth-order valence-electron chi connectivity index (χ4n) is 5.57. The van der Waals surface area contributed by atoms with Gasteiger partial charge in [-0.05, 0) is 73.8 Å². The molecular formula is C33H48. The Bertz CT molecular complexity index is 853. The first kappa shape index (κ1) is 27.2. The van der Waals surface area contributed by atoms with Gasteiger partial charge in [0.05, 0.1) is 0 Å². The summed E-state index contributed by atoms with van der Waals surface area (Å²) < 4.78 is 0. The molecule has 0 radical (unpaired) electrons. The molecule has 0 amide bonds. The molecule has 0 aliphatic carbocycles. The third kappa shape index (κ3) is 8.02. The van der Waals surface area contributed by atoms with E-state index < -0.39 is 0 Å². The van der Waals surface area contributed by atoms with Crippen LogP contribution in [0.4, 0.5) is 0 Å². The van der Waals surface area contributed by atoms with Crippen LogP contribution in [0, 0.1) is 12.8 Å². The van der Waals surface area contributed by atoms with Gasteiger partial charge in [0.15, 0.2) is 0 Å². The lowest BCUT2D eigenvalue weighted by molar-refractivity contribution is 0.321. The third-order valence-corrected chi connectivity index (χ3v) is 7.70. The molecule has 2 aromatic rings. The number of rotatable bonds is 14. The molecule has 0 heteroatoms. The van der Waals surface area contributed by atoms with Gasteiger partial charge < -0.3 is 0 Å². The molecule has 2 rings (SSSR count). The van der Waals surface area contributed by atoms with Crippen LogP contribution in [0.5, 0.6) is 0 Å². The Labute approximate surface area is 205 Å². The molecule has 0 spiro atoms. The van der Waals surface area contributed by atoms with Gasteiger partial charge in [-0.25, -0.2) is 0 Å². The van der Waals surface area contributed by atoms with Crippen molar-refractivity contribution in [1.29, 1.82) is 0 Å². The second-order valence-corrected chi connectivity index (χ2v) is 10.8. The van der Waals surface area contributed by atoms with Crippen LogP contribution in [0.3, 0.4) is 0 Å². The van der Waals surface area contributed by atoms with Crippen molar-refractivity contribution in [2.75, 3.05) is 0 Å². The zero-order valence-electron chi connectivity index (χ0n) is 22.3. The first-order valence-electron chi connectivity index (χ1n) is 13.2. The maximum atomic E-state index is 4.00. The smallest absolute Gasteiger partial charge is 0.00497 e. The third-order valence-electron chi connectivity index (χ3n) is 7.70. The van der Waals surface area contributed by atoms with E-state index in [0.29, 0.717) is 11.3 Å². The van der Waals surface area contributed by atoms with E-state index in [4.69, 9.17) is 0 Å². The van der Waals surface area contributed by atoms with Crippen molar-refractivity contribution in [3.05, 3.63) is 95.6 Å². The summed E-state index contributed by atoms with van der Waals surface area (Å²) in [6.45, 7) is 17.9. The Kier molecular flexibility index (Phi) is 10.7. The Hall–Kier alpha value is -2.08. The molecule has 0 bridgehead atoms. The Morgan fingerprint density at radius 1 is 0.909 bits per heavy atom. The molecule has 2 aromatic carbocycles. The average molecular weight is 445 g/mol. The molecule has 0 N–H and O–H groups in total. The molecule has 33 heavy (non-hydrogen) atoms. The highest BCUT2D eigenvalue weighted by Crippen LogP contribution is 2.39. The van der Waals surface area contributed by atoms with Crippen LogP contribution in [-0.4, -0.2) is 0 Å². The van der Waals surface area contributed by atoms with Crippen molar-refractivity contribution in [3.8, 4) is 0 Å². The largest absolute Gasteiger partial charge is 0.0988 e. The molecule has 0 saturated heterocycles. The highest BCUT2D eigenvalue weighted by Gasteiger charge is 2.29. The second kappa shape index (κ2) is 13.0. The standard InChI is InChI=1S/C33H48/c1-8-23-33(10-3,31-17-12-11-13-18-31)24-15-14-16-29(25-27(4)9-2)26-32(6,7)30-21-19-28(5)20-22-30/h9,11-13,17-22,25,29H,2,8,10,14-16,23-24,26H2,1,3-7H3/b27-25-. The highest BCUT2D eigenvalue weighted by atomic mass is 14.3. The number of aryl methyl sites for hydroxylation is 1. The Morgan fingerprint density at radius 3 is 2.15 bits per heavy atom. The van der Waals surface area contributed by atoms with Gasteiger partial charge in [0.1, 0.15) is 0 Å². The van der Waals surface area contributed by atoms with Crippen molar-refractivity contribution in [2.45, 2.75) is 104 Å². The molecule has 0 saturated carbocycles. The van der Waals surface area contributed by atoms with Gasteiger partial charge in [-0.1, -0.05) is 131 Å². The fraction of sp³-hybridized carbons (Fsp3) is 0.515. The number of benzene rings is 2. The molecule has 0 aliphatic heterocycles. The summed E-state index contributed by atoms with van der Waals surface area (Å²) in [7, 11) is 0. The summed E-state index contributed by atoms with van der Waals surface area (Å²) in [5.74, 6) is 0.582. The molecule has 0 aliphatic rings. The van der Waals surface area contributed by atoms with Gasteiger partial charge in [-0.2, -0.15) is 0 Å². The van der Waals surface area contributed by atoms with E-state index in [0.717, 1.165) is 0 Å². The van der Waals surface area contributed by atoms with Crippen LogP contribution in [-0.2, 0) is 10.8 Å². The molecule has 0 fully saturated rings. The first-order chi connectivity index (χ1) is 15.8. The number of hydrogen-bond acceptors (Lipinski definition) is 0. The van der Waals surface area contributed by atoms with Crippen LogP contribution < -0.4 is 0 Å². The number of allylic oxidation sites excluding steroid dienone is 3. The maximum absolute atomic E-state index is 4.00. The minimum absolute atomic E-state index is 0.162. The van der Waals surface area contributed by atoms with Gasteiger partial charge in [0.25, 0.3) is 0 Å². The van der Waals surface area contributed by atoms with Crippen molar-refractivity contribution in [1.82, 2.24) is 0 Å². The van der Waals surface area contributed by atoms with Gasteiger partial charge in [-0.3, -0.25) is 0 Å².